The highest BCUT2D eigenvalue weighted by molar-refractivity contribution is 5.83. The van der Waals surface area contributed by atoms with Crippen molar-refractivity contribution in [1.82, 2.24) is 20.0 Å². The second-order valence-electron chi connectivity index (χ2n) is 8.64. The zero-order valence-electron chi connectivity index (χ0n) is 20.1. The summed E-state index contributed by atoms with van der Waals surface area (Å²) in [5.74, 6) is 1.06. The Morgan fingerprint density at radius 2 is 1.69 bits per heavy atom. The average molecular weight is 436 g/mol. The zero-order chi connectivity index (χ0) is 23.1. The molecule has 1 heterocycles. The van der Waals surface area contributed by atoms with Crippen LogP contribution in [0.4, 0.5) is 0 Å². The number of hydrogen-bond donors (Lipinski definition) is 1. The highest BCUT2D eigenvalue weighted by Gasteiger charge is 2.32. The summed E-state index contributed by atoms with van der Waals surface area (Å²) in [6, 6.07) is 16.5. The molecule has 1 unspecified atom stereocenters. The molecule has 0 aromatic heterocycles. The summed E-state index contributed by atoms with van der Waals surface area (Å²) in [5.41, 5.74) is 4.88. The van der Waals surface area contributed by atoms with E-state index >= 15 is 0 Å². The van der Waals surface area contributed by atoms with Gasteiger partial charge in [-0.05, 0) is 31.4 Å². The molecule has 6 heteroatoms. The normalized spacial score (nSPS) is 16.0. The van der Waals surface area contributed by atoms with Crippen LogP contribution < -0.4 is 5.32 Å². The summed E-state index contributed by atoms with van der Waals surface area (Å²) in [6.45, 7) is 8.27. The van der Waals surface area contributed by atoms with Crippen LogP contribution in [0.5, 0.6) is 0 Å². The predicted octanol–water partition coefficient (Wildman–Crippen LogP) is 2.87. The molecule has 0 radical (unpaired) electrons. The van der Waals surface area contributed by atoms with E-state index in [0.717, 1.165) is 44.1 Å². The monoisotopic (exact) mass is 435 g/mol. The second-order valence-corrected chi connectivity index (χ2v) is 8.64. The van der Waals surface area contributed by atoms with Crippen molar-refractivity contribution in [3.8, 4) is 0 Å². The van der Waals surface area contributed by atoms with E-state index in [9.17, 15) is 4.79 Å². The van der Waals surface area contributed by atoms with Gasteiger partial charge < -0.3 is 15.1 Å². The second kappa shape index (κ2) is 11.1. The number of aryl methyl sites for hydroxylation is 2. The van der Waals surface area contributed by atoms with Crippen LogP contribution in [0.1, 0.15) is 28.3 Å². The van der Waals surface area contributed by atoms with Crippen LogP contribution in [0.2, 0.25) is 0 Å². The molecule has 6 nitrogen and oxygen atoms in total. The first-order valence-electron chi connectivity index (χ1n) is 11.4. The van der Waals surface area contributed by atoms with Gasteiger partial charge in [-0.2, -0.15) is 0 Å². The van der Waals surface area contributed by atoms with Crippen LogP contribution in [0, 0.1) is 13.8 Å². The molecule has 1 atom stereocenters. The van der Waals surface area contributed by atoms with Crippen LogP contribution in [0.25, 0.3) is 0 Å². The predicted molar refractivity (Wildman–Crippen MR) is 132 cm³/mol. The fraction of sp³-hybridized carbons (Fsp3) is 0.462. The number of rotatable bonds is 6. The minimum atomic E-state index is -0.265. The van der Waals surface area contributed by atoms with Gasteiger partial charge in [0.05, 0.1) is 0 Å². The Morgan fingerprint density at radius 1 is 1.06 bits per heavy atom. The van der Waals surface area contributed by atoms with Crippen molar-refractivity contribution in [3.05, 3.63) is 70.8 Å². The van der Waals surface area contributed by atoms with E-state index in [-0.39, 0.29) is 11.9 Å². The third kappa shape index (κ3) is 5.88. The largest absolute Gasteiger partial charge is 0.359 e. The van der Waals surface area contributed by atoms with Crippen LogP contribution in [-0.2, 0) is 11.2 Å². The minimum Gasteiger partial charge on any atom is -0.359 e. The summed E-state index contributed by atoms with van der Waals surface area (Å²) < 4.78 is 0. The van der Waals surface area contributed by atoms with E-state index in [1.807, 2.05) is 37.2 Å². The Balaban J connectivity index is 1.72. The number of guanidine groups is 1. The average Bonchev–Trinajstić information content (AvgIpc) is 2.79. The molecule has 2 aromatic rings. The Labute approximate surface area is 192 Å². The van der Waals surface area contributed by atoms with Gasteiger partial charge in [0.15, 0.2) is 5.96 Å². The topological polar surface area (TPSA) is 51.2 Å². The number of hydrogen-bond acceptors (Lipinski definition) is 3. The van der Waals surface area contributed by atoms with Crippen molar-refractivity contribution >= 4 is 11.9 Å². The molecule has 1 amide bonds. The van der Waals surface area contributed by atoms with Gasteiger partial charge in [0.2, 0.25) is 5.91 Å². The maximum atomic E-state index is 13.7. The van der Waals surface area contributed by atoms with Crippen LogP contribution in [0.15, 0.2) is 53.5 Å². The highest BCUT2D eigenvalue weighted by Crippen LogP contribution is 2.25. The van der Waals surface area contributed by atoms with Gasteiger partial charge in [0.1, 0.15) is 6.04 Å². The van der Waals surface area contributed by atoms with Crippen LogP contribution in [-0.4, -0.2) is 80.4 Å². The number of likely N-dealkylation sites (N-methyl/N-ethyl adjacent to an activating group) is 1. The van der Waals surface area contributed by atoms with Gasteiger partial charge in [-0.25, -0.2) is 0 Å². The third-order valence-electron chi connectivity index (χ3n) is 6.16. The van der Waals surface area contributed by atoms with Gasteiger partial charge in [0, 0.05) is 53.9 Å². The number of piperazine rings is 1. The number of amides is 1. The van der Waals surface area contributed by atoms with Crippen molar-refractivity contribution in [3.63, 3.8) is 0 Å². The van der Waals surface area contributed by atoms with E-state index in [4.69, 9.17) is 0 Å². The molecule has 0 saturated carbocycles. The summed E-state index contributed by atoms with van der Waals surface area (Å²) in [4.78, 5) is 24.4. The van der Waals surface area contributed by atoms with E-state index in [0.29, 0.717) is 6.54 Å². The van der Waals surface area contributed by atoms with Crippen LogP contribution >= 0.6 is 0 Å². The molecule has 0 spiro atoms. The van der Waals surface area contributed by atoms with E-state index in [2.05, 4.69) is 64.3 Å². The Hall–Kier alpha value is -2.86. The maximum Gasteiger partial charge on any atom is 0.244 e. The zero-order valence-corrected chi connectivity index (χ0v) is 20.1. The lowest BCUT2D eigenvalue weighted by Gasteiger charge is -2.40. The first kappa shape index (κ1) is 23.8. The van der Waals surface area contributed by atoms with E-state index in [1.165, 1.54) is 16.7 Å². The van der Waals surface area contributed by atoms with Crippen molar-refractivity contribution in [2.24, 2.45) is 4.99 Å². The highest BCUT2D eigenvalue weighted by atomic mass is 16.2. The summed E-state index contributed by atoms with van der Waals surface area (Å²) >= 11 is 0. The first-order chi connectivity index (χ1) is 15.4. The van der Waals surface area contributed by atoms with Crippen molar-refractivity contribution < 1.29 is 4.79 Å². The molecule has 32 heavy (non-hydrogen) atoms. The number of aliphatic imine (C=N–C) groups is 1. The minimum absolute atomic E-state index is 0.159. The van der Waals surface area contributed by atoms with E-state index in [1.54, 1.807) is 7.05 Å². The van der Waals surface area contributed by atoms with Crippen molar-refractivity contribution in [2.75, 3.05) is 53.9 Å². The Bertz CT molecular complexity index is 899. The smallest absolute Gasteiger partial charge is 0.244 e. The van der Waals surface area contributed by atoms with Gasteiger partial charge >= 0.3 is 0 Å². The lowest BCUT2D eigenvalue weighted by atomic mass is 10.0. The number of nitrogens with zero attached hydrogens (tertiary/aromatic N) is 4. The van der Waals surface area contributed by atoms with E-state index < -0.39 is 0 Å². The molecule has 1 saturated heterocycles. The SMILES string of the molecule is CN=C(NC)N1CCN(C(C(=O)N(C)CCc2cc(C)cc(C)c2)c2ccccc2)CC1. The van der Waals surface area contributed by atoms with Crippen molar-refractivity contribution in [1.29, 1.82) is 0 Å². The molecule has 3 rings (SSSR count). The van der Waals surface area contributed by atoms with Crippen molar-refractivity contribution in [2.45, 2.75) is 26.3 Å². The standard InChI is InChI=1S/C26H37N5O/c1-20-17-21(2)19-22(18-20)11-12-29(5)25(32)24(23-9-7-6-8-10-23)30-13-15-31(16-14-30)26(27-3)28-4/h6-10,17-19,24H,11-16H2,1-5H3,(H,27,28). The molecule has 1 fully saturated rings. The number of nitrogens with one attached hydrogen (secondary N) is 1. The molecular formula is C26H37N5O. The van der Waals surface area contributed by atoms with Crippen LogP contribution in [0.3, 0.4) is 0 Å². The van der Waals surface area contributed by atoms with Gasteiger partial charge in [0.25, 0.3) is 0 Å². The van der Waals surface area contributed by atoms with Gasteiger partial charge in [-0.3, -0.25) is 14.7 Å². The fourth-order valence-corrected chi connectivity index (χ4v) is 4.58. The maximum absolute atomic E-state index is 13.7. The molecule has 2 aromatic carbocycles. The lowest BCUT2D eigenvalue weighted by Crippen LogP contribution is -2.54. The van der Waals surface area contributed by atoms with Gasteiger partial charge in [-0.1, -0.05) is 59.7 Å². The Morgan fingerprint density at radius 3 is 2.25 bits per heavy atom. The molecule has 172 valence electrons. The Kier molecular flexibility index (Phi) is 8.28. The molecule has 1 aliphatic rings. The number of carbonyl (C=O) groups is 1. The molecular weight excluding hydrogens is 398 g/mol. The first-order valence-corrected chi connectivity index (χ1v) is 11.4. The number of benzene rings is 2. The summed E-state index contributed by atoms with van der Waals surface area (Å²) in [6.07, 6.45) is 0.860. The fourth-order valence-electron chi connectivity index (χ4n) is 4.58. The number of carbonyl (C=O) groups excluding carboxylic acids is 1. The summed E-state index contributed by atoms with van der Waals surface area (Å²) in [7, 11) is 5.63. The molecule has 1 aliphatic heterocycles. The lowest BCUT2D eigenvalue weighted by molar-refractivity contribution is -0.136. The molecule has 1 N–H and O–H groups in total. The van der Waals surface area contributed by atoms with Gasteiger partial charge in [-0.15, -0.1) is 0 Å². The molecule has 0 aliphatic carbocycles. The summed E-state index contributed by atoms with van der Waals surface area (Å²) in [5, 5.41) is 3.16. The quantitative estimate of drug-likeness (QED) is 0.560. The third-order valence-corrected chi connectivity index (χ3v) is 6.16. The molecule has 0 bridgehead atoms.